The Bertz CT molecular complexity index is 456. The van der Waals surface area contributed by atoms with Gasteiger partial charge in [-0.2, -0.15) is 0 Å². The number of hydrogen-bond donors (Lipinski definition) is 2. The van der Waals surface area contributed by atoms with Crippen LogP contribution in [0, 0.1) is 5.41 Å². The molecule has 0 aliphatic heterocycles. The summed E-state index contributed by atoms with van der Waals surface area (Å²) in [6, 6.07) is 7.99. The van der Waals surface area contributed by atoms with Crippen LogP contribution in [0.2, 0.25) is 5.02 Å². The Morgan fingerprint density at radius 1 is 1.05 bits per heavy atom. The highest BCUT2D eigenvalue weighted by molar-refractivity contribution is 6.30. The Morgan fingerprint density at radius 2 is 1.75 bits per heavy atom. The van der Waals surface area contributed by atoms with Gasteiger partial charge in [0.05, 0.1) is 0 Å². The van der Waals surface area contributed by atoms with Crippen LogP contribution < -0.4 is 11.1 Å². The monoisotopic (exact) mass is 292 g/mol. The fourth-order valence-electron chi connectivity index (χ4n) is 4.14. The number of nitrogens with one attached hydrogen (secondary N) is 1. The van der Waals surface area contributed by atoms with Crippen LogP contribution in [0.5, 0.6) is 0 Å². The van der Waals surface area contributed by atoms with E-state index >= 15 is 0 Å². The average molecular weight is 293 g/mol. The van der Waals surface area contributed by atoms with Crippen LogP contribution in [0.1, 0.15) is 51.4 Å². The fourth-order valence-corrected chi connectivity index (χ4v) is 4.33. The molecule has 3 rings (SSSR count). The zero-order valence-electron chi connectivity index (χ0n) is 12.1. The molecule has 110 valence electrons. The van der Waals surface area contributed by atoms with Gasteiger partial charge in [0.2, 0.25) is 0 Å². The molecule has 20 heavy (non-hydrogen) atoms. The molecule has 0 saturated heterocycles. The normalized spacial score (nSPS) is 23.9. The van der Waals surface area contributed by atoms with Gasteiger partial charge in [-0.15, -0.1) is 0 Å². The molecule has 2 aliphatic carbocycles. The van der Waals surface area contributed by atoms with Crippen molar-refractivity contribution in [3.8, 4) is 0 Å². The summed E-state index contributed by atoms with van der Waals surface area (Å²) in [6.07, 6.45) is 10.8. The molecule has 0 radical (unpaired) electrons. The van der Waals surface area contributed by atoms with Gasteiger partial charge in [0, 0.05) is 22.8 Å². The Balaban J connectivity index is 1.70. The van der Waals surface area contributed by atoms with E-state index in [0.717, 1.165) is 10.7 Å². The molecule has 0 atom stereocenters. The third kappa shape index (κ3) is 2.82. The lowest BCUT2D eigenvalue weighted by atomic mass is 9.66. The summed E-state index contributed by atoms with van der Waals surface area (Å²) in [5.74, 6) is 0. The van der Waals surface area contributed by atoms with Gasteiger partial charge in [-0.25, -0.2) is 0 Å². The van der Waals surface area contributed by atoms with Gasteiger partial charge in [-0.3, -0.25) is 0 Å². The smallest absolute Gasteiger partial charge is 0.0496 e. The second kappa shape index (κ2) is 5.57. The van der Waals surface area contributed by atoms with E-state index in [0.29, 0.717) is 12.0 Å². The number of rotatable bonds is 3. The molecule has 3 N–H and O–H groups in total. The molecule has 1 aromatic rings. The molecule has 0 aromatic heterocycles. The van der Waals surface area contributed by atoms with Gasteiger partial charge in [0.1, 0.15) is 0 Å². The minimum atomic E-state index is 0.0680. The highest BCUT2D eigenvalue weighted by Crippen LogP contribution is 2.51. The Kier molecular flexibility index (Phi) is 3.96. The van der Waals surface area contributed by atoms with Crippen LogP contribution in [0.25, 0.3) is 0 Å². The standard InChI is InChI=1S/C17H25ClN2/c18-14-4-3-5-15(12-14)20-17(13-19)10-8-16(9-11-17)6-1-2-7-16/h3-5,12,20H,1-2,6-11,13,19H2. The van der Waals surface area contributed by atoms with E-state index in [-0.39, 0.29) is 5.54 Å². The first-order valence-corrected chi connectivity index (χ1v) is 8.27. The van der Waals surface area contributed by atoms with Crippen LogP contribution in [-0.2, 0) is 0 Å². The maximum Gasteiger partial charge on any atom is 0.0496 e. The van der Waals surface area contributed by atoms with Crippen molar-refractivity contribution in [2.24, 2.45) is 11.1 Å². The van der Waals surface area contributed by atoms with Gasteiger partial charge >= 0.3 is 0 Å². The van der Waals surface area contributed by atoms with Crippen molar-refractivity contribution in [2.45, 2.75) is 56.9 Å². The van der Waals surface area contributed by atoms with E-state index in [1.54, 1.807) is 0 Å². The van der Waals surface area contributed by atoms with Crippen LogP contribution >= 0.6 is 11.6 Å². The third-order valence-electron chi connectivity index (χ3n) is 5.56. The van der Waals surface area contributed by atoms with Crippen molar-refractivity contribution in [2.75, 3.05) is 11.9 Å². The molecule has 2 saturated carbocycles. The van der Waals surface area contributed by atoms with Crippen molar-refractivity contribution in [1.82, 2.24) is 0 Å². The number of halogens is 1. The lowest BCUT2D eigenvalue weighted by Crippen LogP contribution is -2.49. The SMILES string of the molecule is NCC1(Nc2cccc(Cl)c2)CCC2(CCCC2)CC1. The van der Waals surface area contributed by atoms with E-state index in [4.69, 9.17) is 17.3 Å². The first kappa shape index (κ1) is 14.2. The lowest BCUT2D eigenvalue weighted by molar-refractivity contribution is 0.148. The summed E-state index contributed by atoms with van der Waals surface area (Å²) in [5.41, 5.74) is 7.93. The molecule has 0 heterocycles. The molecule has 2 nitrogen and oxygen atoms in total. The Morgan fingerprint density at radius 3 is 2.35 bits per heavy atom. The van der Waals surface area contributed by atoms with Crippen molar-refractivity contribution in [3.63, 3.8) is 0 Å². The van der Waals surface area contributed by atoms with Gasteiger partial charge in [0.15, 0.2) is 0 Å². The van der Waals surface area contributed by atoms with Crippen molar-refractivity contribution >= 4 is 17.3 Å². The van der Waals surface area contributed by atoms with Crippen LogP contribution in [-0.4, -0.2) is 12.1 Å². The zero-order chi connectivity index (χ0) is 14.1. The maximum absolute atomic E-state index is 6.12. The molecular formula is C17H25ClN2. The number of anilines is 1. The third-order valence-corrected chi connectivity index (χ3v) is 5.79. The molecule has 3 heteroatoms. The fraction of sp³-hybridized carbons (Fsp3) is 0.647. The summed E-state index contributed by atoms with van der Waals surface area (Å²) in [5, 5.41) is 4.46. The molecule has 2 fully saturated rings. The molecule has 0 bridgehead atoms. The lowest BCUT2D eigenvalue weighted by Gasteiger charge is -2.45. The van der Waals surface area contributed by atoms with Crippen molar-refractivity contribution < 1.29 is 0 Å². The molecule has 1 spiro atoms. The molecule has 1 aromatic carbocycles. The van der Waals surface area contributed by atoms with E-state index in [1.165, 1.54) is 51.4 Å². The maximum atomic E-state index is 6.12. The topological polar surface area (TPSA) is 38.0 Å². The largest absolute Gasteiger partial charge is 0.378 e. The quantitative estimate of drug-likeness (QED) is 0.855. The number of benzene rings is 1. The van der Waals surface area contributed by atoms with E-state index in [9.17, 15) is 0 Å². The molecular weight excluding hydrogens is 268 g/mol. The van der Waals surface area contributed by atoms with Crippen molar-refractivity contribution in [1.29, 1.82) is 0 Å². The van der Waals surface area contributed by atoms with Crippen LogP contribution in [0.3, 0.4) is 0 Å². The molecule has 0 unspecified atom stereocenters. The minimum Gasteiger partial charge on any atom is -0.378 e. The van der Waals surface area contributed by atoms with Gasteiger partial charge in [-0.1, -0.05) is 30.5 Å². The van der Waals surface area contributed by atoms with E-state index < -0.39 is 0 Å². The minimum absolute atomic E-state index is 0.0680. The first-order chi connectivity index (χ1) is 9.65. The molecule has 0 amide bonds. The van der Waals surface area contributed by atoms with Gasteiger partial charge in [0.25, 0.3) is 0 Å². The van der Waals surface area contributed by atoms with Crippen LogP contribution in [0.15, 0.2) is 24.3 Å². The Hall–Kier alpha value is -0.730. The van der Waals surface area contributed by atoms with Crippen LogP contribution in [0.4, 0.5) is 5.69 Å². The second-order valence-corrected chi connectivity index (χ2v) is 7.26. The summed E-state index contributed by atoms with van der Waals surface area (Å²) in [6.45, 7) is 0.704. The zero-order valence-corrected chi connectivity index (χ0v) is 12.9. The van der Waals surface area contributed by atoms with Crippen molar-refractivity contribution in [3.05, 3.63) is 29.3 Å². The van der Waals surface area contributed by atoms with Gasteiger partial charge < -0.3 is 11.1 Å². The predicted octanol–water partition coefficient (Wildman–Crippen LogP) is 4.58. The number of nitrogens with two attached hydrogens (primary N) is 1. The van der Waals surface area contributed by atoms with E-state index in [2.05, 4.69) is 11.4 Å². The molecule has 2 aliphatic rings. The predicted molar refractivity (Wildman–Crippen MR) is 86.2 cm³/mol. The first-order valence-electron chi connectivity index (χ1n) is 7.89. The second-order valence-electron chi connectivity index (χ2n) is 6.83. The average Bonchev–Trinajstić information content (AvgIpc) is 2.91. The summed E-state index contributed by atoms with van der Waals surface area (Å²) < 4.78 is 0. The number of hydrogen-bond acceptors (Lipinski definition) is 2. The summed E-state index contributed by atoms with van der Waals surface area (Å²) in [7, 11) is 0. The summed E-state index contributed by atoms with van der Waals surface area (Å²) >= 11 is 6.08. The summed E-state index contributed by atoms with van der Waals surface area (Å²) in [4.78, 5) is 0. The highest BCUT2D eigenvalue weighted by atomic mass is 35.5. The van der Waals surface area contributed by atoms with E-state index in [1.807, 2.05) is 18.2 Å². The highest BCUT2D eigenvalue weighted by Gasteiger charge is 2.43. The Labute approximate surface area is 127 Å². The van der Waals surface area contributed by atoms with Gasteiger partial charge in [-0.05, 0) is 62.1 Å².